The second-order valence-corrected chi connectivity index (χ2v) is 7.95. The summed E-state index contributed by atoms with van der Waals surface area (Å²) in [6.07, 6.45) is 2.09. The fraction of sp³-hybridized carbons (Fsp3) is 0.625. The molecular formula is C16H25N3O3S. The highest BCUT2D eigenvalue weighted by molar-refractivity contribution is 7.89. The van der Waals surface area contributed by atoms with Gasteiger partial charge in [-0.05, 0) is 37.5 Å². The summed E-state index contributed by atoms with van der Waals surface area (Å²) >= 11 is 0. The zero-order valence-corrected chi connectivity index (χ0v) is 14.4. The summed E-state index contributed by atoms with van der Waals surface area (Å²) in [5.41, 5.74) is 2.22. The Kier molecular flexibility index (Phi) is 4.91. The largest absolute Gasteiger partial charge is 0.379 e. The second-order valence-electron chi connectivity index (χ2n) is 6.39. The molecule has 0 bridgehead atoms. The van der Waals surface area contributed by atoms with Crippen LogP contribution < -0.4 is 10.0 Å². The number of primary sulfonamides is 1. The van der Waals surface area contributed by atoms with Crippen LogP contribution in [-0.2, 0) is 21.2 Å². The number of fused-ring (bicyclic) bond motifs is 1. The van der Waals surface area contributed by atoms with Crippen molar-refractivity contribution in [1.82, 2.24) is 4.90 Å². The van der Waals surface area contributed by atoms with Gasteiger partial charge in [0.15, 0.2) is 0 Å². The molecule has 2 heterocycles. The molecular weight excluding hydrogens is 314 g/mol. The Balaban J connectivity index is 1.75. The standard InChI is InChI=1S/C16H25N3O3S/c1-13-12-22-10-9-18(13)7-8-19-6-2-3-14-4-5-15(11-16(14)19)23(17,20)21/h4-5,11,13H,2-3,6-10,12H2,1H3,(H2,17,20,21). The number of morpholine rings is 1. The van der Waals surface area contributed by atoms with Crippen molar-refractivity contribution in [2.24, 2.45) is 5.14 Å². The van der Waals surface area contributed by atoms with E-state index in [0.717, 1.165) is 57.9 Å². The number of benzene rings is 1. The van der Waals surface area contributed by atoms with Crippen LogP contribution in [0.25, 0.3) is 0 Å². The summed E-state index contributed by atoms with van der Waals surface area (Å²) in [7, 11) is -3.66. The Morgan fingerprint density at radius 2 is 2.13 bits per heavy atom. The third kappa shape index (κ3) is 3.85. The van der Waals surface area contributed by atoms with Crippen LogP contribution in [0, 0.1) is 0 Å². The second kappa shape index (κ2) is 6.76. The predicted octanol–water partition coefficient (Wildman–Crippen LogP) is 0.807. The van der Waals surface area contributed by atoms with Crippen molar-refractivity contribution >= 4 is 15.7 Å². The van der Waals surface area contributed by atoms with Crippen LogP contribution in [0.15, 0.2) is 23.1 Å². The highest BCUT2D eigenvalue weighted by atomic mass is 32.2. The number of nitrogens with two attached hydrogens (primary N) is 1. The molecule has 0 amide bonds. The molecule has 2 aliphatic rings. The third-order valence-corrected chi connectivity index (χ3v) is 5.67. The van der Waals surface area contributed by atoms with Crippen molar-refractivity contribution in [1.29, 1.82) is 0 Å². The first-order valence-electron chi connectivity index (χ1n) is 8.17. The maximum atomic E-state index is 11.6. The van der Waals surface area contributed by atoms with Gasteiger partial charge in [-0.15, -0.1) is 0 Å². The molecule has 2 aliphatic heterocycles. The number of hydrogen-bond acceptors (Lipinski definition) is 5. The van der Waals surface area contributed by atoms with E-state index in [1.807, 2.05) is 6.07 Å². The van der Waals surface area contributed by atoms with Gasteiger partial charge in [-0.3, -0.25) is 4.90 Å². The molecule has 1 aromatic carbocycles. The summed E-state index contributed by atoms with van der Waals surface area (Å²) in [5.74, 6) is 0. The molecule has 1 unspecified atom stereocenters. The van der Waals surface area contributed by atoms with E-state index in [4.69, 9.17) is 9.88 Å². The molecule has 0 aliphatic carbocycles. The number of rotatable bonds is 4. The number of aryl methyl sites for hydroxylation is 1. The molecule has 2 N–H and O–H groups in total. The van der Waals surface area contributed by atoms with Gasteiger partial charge >= 0.3 is 0 Å². The first-order valence-corrected chi connectivity index (χ1v) is 9.72. The van der Waals surface area contributed by atoms with Gasteiger partial charge in [0, 0.05) is 37.9 Å². The van der Waals surface area contributed by atoms with Crippen LogP contribution in [0.2, 0.25) is 0 Å². The minimum Gasteiger partial charge on any atom is -0.379 e. The van der Waals surface area contributed by atoms with E-state index in [1.54, 1.807) is 12.1 Å². The smallest absolute Gasteiger partial charge is 0.238 e. The zero-order chi connectivity index (χ0) is 16.4. The van der Waals surface area contributed by atoms with Crippen LogP contribution in [-0.4, -0.2) is 58.8 Å². The number of hydrogen-bond donors (Lipinski definition) is 1. The van der Waals surface area contributed by atoms with Gasteiger partial charge in [-0.1, -0.05) is 6.07 Å². The normalized spacial score (nSPS) is 22.9. The first kappa shape index (κ1) is 16.7. The fourth-order valence-electron chi connectivity index (χ4n) is 3.38. The van der Waals surface area contributed by atoms with E-state index in [0.29, 0.717) is 6.04 Å². The van der Waals surface area contributed by atoms with E-state index in [-0.39, 0.29) is 4.90 Å². The molecule has 1 saturated heterocycles. The maximum absolute atomic E-state index is 11.6. The Labute approximate surface area is 138 Å². The van der Waals surface area contributed by atoms with E-state index in [1.165, 1.54) is 5.56 Å². The molecule has 1 aromatic rings. The summed E-state index contributed by atoms with van der Waals surface area (Å²) in [4.78, 5) is 4.92. The number of anilines is 1. The Morgan fingerprint density at radius 3 is 2.87 bits per heavy atom. The summed E-state index contributed by atoms with van der Waals surface area (Å²) in [5, 5.41) is 5.28. The lowest BCUT2D eigenvalue weighted by Crippen LogP contribution is -2.47. The van der Waals surface area contributed by atoms with Crippen LogP contribution >= 0.6 is 0 Å². The van der Waals surface area contributed by atoms with E-state index < -0.39 is 10.0 Å². The molecule has 7 heteroatoms. The summed E-state index contributed by atoms with van der Waals surface area (Å²) in [6.45, 7) is 7.53. The van der Waals surface area contributed by atoms with Crippen LogP contribution in [0.1, 0.15) is 18.9 Å². The molecule has 1 fully saturated rings. The average molecular weight is 339 g/mol. The summed E-state index contributed by atoms with van der Waals surface area (Å²) in [6, 6.07) is 5.68. The van der Waals surface area contributed by atoms with Crippen molar-refractivity contribution in [3.63, 3.8) is 0 Å². The molecule has 6 nitrogen and oxygen atoms in total. The highest BCUT2D eigenvalue weighted by Gasteiger charge is 2.23. The highest BCUT2D eigenvalue weighted by Crippen LogP contribution is 2.29. The van der Waals surface area contributed by atoms with Crippen molar-refractivity contribution in [3.8, 4) is 0 Å². The van der Waals surface area contributed by atoms with Crippen molar-refractivity contribution in [2.75, 3.05) is 44.3 Å². The molecule has 23 heavy (non-hydrogen) atoms. The van der Waals surface area contributed by atoms with E-state index in [2.05, 4.69) is 16.7 Å². The van der Waals surface area contributed by atoms with Crippen molar-refractivity contribution < 1.29 is 13.2 Å². The van der Waals surface area contributed by atoms with Crippen molar-refractivity contribution in [3.05, 3.63) is 23.8 Å². The Morgan fingerprint density at radius 1 is 1.30 bits per heavy atom. The molecule has 0 saturated carbocycles. The van der Waals surface area contributed by atoms with Gasteiger partial charge in [0.25, 0.3) is 0 Å². The van der Waals surface area contributed by atoms with Gasteiger partial charge in [-0.2, -0.15) is 0 Å². The van der Waals surface area contributed by atoms with Gasteiger partial charge in [-0.25, -0.2) is 13.6 Å². The predicted molar refractivity (Wildman–Crippen MR) is 90.2 cm³/mol. The van der Waals surface area contributed by atoms with Crippen LogP contribution in [0.5, 0.6) is 0 Å². The molecule has 0 aromatic heterocycles. The number of sulfonamides is 1. The summed E-state index contributed by atoms with van der Waals surface area (Å²) < 4.78 is 28.7. The van der Waals surface area contributed by atoms with Gasteiger partial charge in [0.1, 0.15) is 0 Å². The fourth-order valence-corrected chi connectivity index (χ4v) is 3.92. The topological polar surface area (TPSA) is 75.9 Å². The zero-order valence-electron chi connectivity index (χ0n) is 13.6. The molecule has 0 radical (unpaired) electrons. The lowest BCUT2D eigenvalue weighted by Gasteiger charge is -2.37. The average Bonchev–Trinajstić information content (AvgIpc) is 2.53. The minimum absolute atomic E-state index is 0.197. The number of nitrogens with zero attached hydrogens (tertiary/aromatic N) is 2. The third-order valence-electron chi connectivity index (χ3n) is 4.76. The van der Waals surface area contributed by atoms with E-state index >= 15 is 0 Å². The lowest BCUT2D eigenvalue weighted by molar-refractivity contribution is 0.00113. The lowest BCUT2D eigenvalue weighted by atomic mass is 10.0. The molecule has 1 atom stereocenters. The van der Waals surface area contributed by atoms with Crippen LogP contribution in [0.3, 0.4) is 0 Å². The van der Waals surface area contributed by atoms with Gasteiger partial charge < -0.3 is 9.64 Å². The van der Waals surface area contributed by atoms with Crippen molar-refractivity contribution in [2.45, 2.75) is 30.7 Å². The van der Waals surface area contributed by atoms with Gasteiger partial charge in [0.2, 0.25) is 10.0 Å². The first-order chi connectivity index (χ1) is 10.9. The SMILES string of the molecule is CC1COCCN1CCN1CCCc2ccc(S(N)(=O)=O)cc21. The van der Waals surface area contributed by atoms with Crippen LogP contribution in [0.4, 0.5) is 5.69 Å². The molecule has 128 valence electrons. The molecule has 3 rings (SSSR count). The monoisotopic (exact) mass is 339 g/mol. The minimum atomic E-state index is -3.66. The maximum Gasteiger partial charge on any atom is 0.238 e. The quantitative estimate of drug-likeness (QED) is 0.878. The Bertz CT molecular complexity index is 663. The van der Waals surface area contributed by atoms with E-state index in [9.17, 15) is 8.42 Å². The molecule has 0 spiro atoms. The Hall–Kier alpha value is -1.15. The number of ether oxygens (including phenoxy) is 1. The van der Waals surface area contributed by atoms with Gasteiger partial charge in [0.05, 0.1) is 18.1 Å².